The maximum Gasteiger partial charge on any atom is 0.240 e. The third-order valence-corrected chi connectivity index (χ3v) is 5.21. The van der Waals surface area contributed by atoms with Crippen molar-refractivity contribution in [3.05, 3.63) is 16.3 Å². The smallest absolute Gasteiger partial charge is 0.240 e. The van der Waals surface area contributed by atoms with E-state index in [0.29, 0.717) is 0 Å². The van der Waals surface area contributed by atoms with Gasteiger partial charge < -0.3 is 5.73 Å². The molecule has 0 radical (unpaired) electrons. The van der Waals surface area contributed by atoms with Crippen molar-refractivity contribution in [2.75, 3.05) is 5.73 Å². The van der Waals surface area contributed by atoms with Crippen LogP contribution >= 0.6 is 11.3 Å². The molecule has 2 aliphatic rings. The van der Waals surface area contributed by atoms with E-state index in [4.69, 9.17) is 10.7 Å². The standard InChI is InChI=1S/C13H15N3S/c14-12-11-8-4-1-2-5-9(8)17-13(11)15-10-6-3-7-16(10)12/h14H,1-7H2/p+1. The molecule has 2 N–H and O–H groups in total. The Morgan fingerprint density at radius 3 is 2.94 bits per heavy atom. The zero-order valence-electron chi connectivity index (χ0n) is 9.83. The number of aromatic nitrogens is 2. The van der Waals surface area contributed by atoms with Gasteiger partial charge in [-0.15, -0.1) is 11.3 Å². The van der Waals surface area contributed by atoms with Crippen molar-refractivity contribution in [2.45, 2.75) is 45.1 Å². The van der Waals surface area contributed by atoms with E-state index in [1.807, 2.05) is 11.3 Å². The van der Waals surface area contributed by atoms with E-state index in [2.05, 4.69) is 4.57 Å². The number of nitrogens with two attached hydrogens (primary N) is 1. The Balaban J connectivity index is 2.08. The number of aryl methyl sites for hydroxylation is 3. The number of nitrogens with zero attached hydrogens (tertiary/aromatic N) is 2. The van der Waals surface area contributed by atoms with Gasteiger partial charge in [0.05, 0.1) is 6.54 Å². The number of thiophene rings is 1. The van der Waals surface area contributed by atoms with Crippen molar-refractivity contribution in [2.24, 2.45) is 0 Å². The Labute approximate surface area is 104 Å². The third kappa shape index (κ3) is 1.27. The minimum absolute atomic E-state index is 0.974. The fraction of sp³-hybridized carbons (Fsp3) is 0.538. The van der Waals surface area contributed by atoms with Crippen LogP contribution in [0.1, 0.15) is 35.5 Å². The molecular weight excluding hydrogens is 230 g/mol. The molecule has 1 aliphatic heterocycles. The summed E-state index contributed by atoms with van der Waals surface area (Å²) in [6, 6.07) is 0. The van der Waals surface area contributed by atoms with Gasteiger partial charge in [-0.05, 0) is 37.7 Å². The summed E-state index contributed by atoms with van der Waals surface area (Å²) in [6.07, 6.45) is 7.33. The topological polar surface area (TPSA) is 42.8 Å². The number of hydrogen-bond donors (Lipinski definition) is 1. The van der Waals surface area contributed by atoms with Crippen LogP contribution in [0.5, 0.6) is 0 Å². The van der Waals surface area contributed by atoms with E-state index in [1.165, 1.54) is 58.6 Å². The zero-order valence-corrected chi connectivity index (χ0v) is 10.6. The molecule has 0 aromatic carbocycles. The van der Waals surface area contributed by atoms with Gasteiger partial charge in [-0.25, -0.2) is 4.57 Å². The first-order valence-corrected chi connectivity index (χ1v) is 7.28. The lowest BCUT2D eigenvalue weighted by molar-refractivity contribution is -0.678. The molecule has 0 saturated carbocycles. The summed E-state index contributed by atoms with van der Waals surface area (Å²) in [5.41, 5.74) is 7.87. The van der Waals surface area contributed by atoms with Crippen LogP contribution in [0, 0.1) is 0 Å². The summed E-state index contributed by atoms with van der Waals surface area (Å²) in [4.78, 5) is 7.54. The Morgan fingerprint density at radius 1 is 1.12 bits per heavy atom. The van der Waals surface area contributed by atoms with Crippen LogP contribution in [-0.2, 0) is 25.8 Å². The molecule has 88 valence electrons. The summed E-state index contributed by atoms with van der Waals surface area (Å²) in [7, 11) is 0. The highest BCUT2D eigenvalue weighted by Gasteiger charge is 2.28. The van der Waals surface area contributed by atoms with Crippen LogP contribution in [0.4, 0.5) is 5.82 Å². The van der Waals surface area contributed by atoms with Crippen molar-refractivity contribution >= 4 is 27.4 Å². The van der Waals surface area contributed by atoms with Gasteiger partial charge in [-0.3, -0.25) is 0 Å². The highest BCUT2D eigenvalue weighted by Crippen LogP contribution is 2.37. The summed E-state index contributed by atoms with van der Waals surface area (Å²) in [6.45, 7) is 1.05. The number of fused-ring (bicyclic) bond motifs is 4. The summed E-state index contributed by atoms with van der Waals surface area (Å²) in [5.74, 6) is 2.16. The maximum atomic E-state index is 6.37. The van der Waals surface area contributed by atoms with Crippen molar-refractivity contribution in [3.8, 4) is 0 Å². The highest BCUT2D eigenvalue weighted by molar-refractivity contribution is 7.18. The fourth-order valence-corrected chi connectivity index (χ4v) is 4.47. The molecule has 4 heteroatoms. The molecular formula is C13H16N3S+. The summed E-state index contributed by atoms with van der Waals surface area (Å²) in [5, 5.41) is 1.27. The maximum absolute atomic E-state index is 6.37. The third-order valence-electron chi connectivity index (χ3n) is 4.02. The van der Waals surface area contributed by atoms with Crippen LogP contribution < -0.4 is 10.3 Å². The second-order valence-corrected chi connectivity index (χ2v) is 6.14. The molecule has 1 aliphatic carbocycles. The van der Waals surface area contributed by atoms with Crippen LogP contribution in [0.25, 0.3) is 10.2 Å². The Hall–Kier alpha value is -1.16. The van der Waals surface area contributed by atoms with Gasteiger partial charge >= 0.3 is 0 Å². The minimum atomic E-state index is 0.974. The average molecular weight is 246 g/mol. The molecule has 0 fully saturated rings. The van der Waals surface area contributed by atoms with Crippen LogP contribution in [-0.4, -0.2) is 4.98 Å². The Morgan fingerprint density at radius 2 is 2.00 bits per heavy atom. The van der Waals surface area contributed by atoms with Gasteiger partial charge in [-0.1, -0.05) is 4.98 Å². The van der Waals surface area contributed by atoms with Gasteiger partial charge in [0.1, 0.15) is 5.39 Å². The van der Waals surface area contributed by atoms with E-state index >= 15 is 0 Å². The first kappa shape index (κ1) is 9.83. The quantitative estimate of drug-likeness (QED) is 0.722. The van der Waals surface area contributed by atoms with Crippen LogP contribution in [0.3, 0.4) is 0 Å². The molecule has 4 rings (SSSR count). The molecule has 0 atom stereocenters. The molecule has 17 heavy (non-hydrogen) atoms. The SMILES string of the molecule is Nc1c2c3c(sc2nc2[n+]1CCC2)CCCC3. The monoisotopic (exact) mass is 246 g/mol. The van der Waals surface area contributed by atoms with Crippen molar-refractivity contribution in [1.82, 2.24) is 4.98 Å². The Bertz CT molecular complexity index is 615. The summed E-state index contributed by atoms with van der Waals surface area (Å²) < 4.78 is 2.23. The second-order valence-electron chi connectivity index (χ2n) is 5.06. The molecule has 0 unspecified atom stereocenters. The number of nitrogen functional groups attached to an aromatic ring is 1. The van der Waals surface area contributed by atoms with Gasteiger partial charge in [0.2, 0.25) is 16.5 Å². The lowest BCUT2D eigenvalue weighted by atomic mass is 9.97. The van der Waals surface area contributed by atoms with Crippen molar-refractivity contribution in [3.63, 3.8) is 0 Å². The Kier molecular flexibility index (Phi) is 1.98. The molecule has 3 nitrogen and oxygen atoms in total. The number of rotatable bonds is 0. The first-order valence-electron chi connectivity index (χ1n) is 6.47. The predicted octanol–water partition coefficient (Wildman–Crippen LogP) is 1.99. The van der Waals surface area contributed by atoms with Crippen molar-refractivity contribution in [1.29, 1.82) is 0 Å². The highest BCUT2D eigenvalue weighted by atomic mass is 32.1. The van der Waals surface area contributed by atoms with Crippen molar-refractivity contribution < 1.29 is 4.57 Å². The zero-order chi connectivity index (χ0) is 11.4. The molecule has 0 saturated heterocycles. The second kappa shape index (κ2) is 3.42. The molecule has 3 heterocycles. The average Bonchev–Trinajstić information content (AvgIpc) is 2.92. The van der Waals surface area contributed by atoms with E-state index < -0.39 is 0 Å². The predicted molar refractivity (Wildman–Crippen MR) is 69.2 cm³/mol. The van der Waals surface area contributed by atoms with Gasteiger partial charge in [-0.2, -0.15) is 0 Å². The van der Waals surface area contributed by atoms with E-state index in [-0.39, 0.29) is 0 Å². The fourth-order valence-electron chi connectivity index (χ4n) is 3.18. The van der Waals surface area contributed by atoms with Crippen LogP contribution in [0.2, 0.25) is 0 Å². The number of hydrogen-bond acceptors (Lipinski definition) is 3. The lowest BCUT2D eigenvalue weighted by Crippen LogP contribution is -2.37. The minimum Gasteiger partial charge on any atom is -0.318 e. The van der Waals surface area contributed by atoms with E-state index in [0.717, 1.165) is 18.8 Å². The first-order chi connectivity index (χ1) is 8.34. The summed E-state index contributed by atoms with van der Waals surface area (Å²) >= 11 is 1.88. The molecule has 2 aromatic rings. The van der Waals surface area contributed by atoms with Gasteiger partial charge in [0.25, 0.3) is 0 Å². The molecule has 0 amide bonds. The molecule has 2 aromatic heterocycles. The van der Waals surface area contributed by atoms with E-state index in [1.54, 1.807) is 0 Å². The number of anilines is 1. The van der Waals surface area contributed by atoms with Gasteiger partial charge in [0, 0.05) is 11.3 Å². The van der Waals surface area contributed by atoms with E-state index in [9.17, 15) is 0 Å². The van der Waals surface area contributed by atoms with Crippen LogP contribution in [0.15, 0.2) is 0 Å². The molecule has 0 spiro atoms. The lowest BCUT2D eigenvalue weighted by Gasteiger charge is -2.10. The normalized spacial score (nSPS) is 18.4. The molecule has 0 bridgehead atoms. The van der Waals surface area contributed by atoms with Gasteiger partial charge in [0.15, 0.2) is 0 Å². The largest absolute Gasteiger partial charge is 0.318 e.